The first-order chi connectivity index (χ1) is 17.1. The number of carbonyl (C=O) groups is 3. The number of aromatic carboxylic acids is 1. The number of unbranched alkanes of at least 4 members (excludes halogenated alkanes) is 11. The van der Waals surface area contributed by atoms with E-state index in [9.17, 15) is 19.5 Å². The van der Waals surface area contributed by atoms with Gasteiger partial charge in [-0.05, 0) is 58.7 Å². The molecule has 0 unspecified atom stereocenters. The van der Waals surface area contributed by atoms with Gasteiger partial charge in [0.1, 0.15) is 11.4 Å². The molecule has 7 nitrogen and oxygen atoms in total. The fourth-order valence-electron chi connectivity index (χ4n) is 3.86. The molecule has 0 aliphatic rings. The first-order valence-corrected chi connectivity index (χ1v) is 13.5. The van der Waals surface area contributed by atoms with E-state index in [1.54, 1.807) is 6.92 Å². The molecule has 36 heavy (non-hydrogen) atoms. The summed E-state index contributed by atoms with van der Waals surface area (Å²) in [6.45, 7) is 8.11. The van der Waals surface area contributed by atoms with Crippen LogP contribution in [0, 0.1) is 0 Å². The fourth-order valence-corrected chi connectivity index (χ4v) is 3.86. The molecule has 0 aliphatic carbocycles. The summed E-state index contributed by atoms with van der Waals surface area (Å²) in [5.74, 6) is -1.37. The van der Waals surface area contributed by atoms with Crippen molar-refractivity contribution in [2.24, 2.45) is 0 Å². The van der Waals surface area contributed by atoms with Crippen LogP contribution < -0.4 is 4.74 Å². The van der Waals surface area contributed by atoms with Crippen molar-refractivity contribution in [1.29, 1.82) is 0 Å². The number of hydrogen-bond donors (Lipinski definition) is 1. The summed E-state index contributed by atoms with van der Waals surface area (Å²) in [5, 5.41) is 9.27. The van der Waals surface area contributed by atoms with Crippen molar-refractivity contribution in [3.05, 3.63) is 29.3 Å². The van der Waals surface area contributed by atoms with E-state index in [2.05, 4.69) is 0 Å². The van der Waals surface area contributed by atoms with Gasteiger partial charge in [-0.15, -0.1) is 0 Å². The van der Waals surface area contributed by atoms with E-state index in [1.807, 2.05) is 20.8 Å². The number of carbonyl (C=O) groups excluding carboxylic acids is 2. The quantitative estimate of drug-likeness (QED) is 0.155. The van der Waals surface area contributed by atoms with Gasteiger partial charge in [0.2, 0.25) is 0 Å². The molecule has 0 fully saturated rings. The van der Waals surface area contributed by atoms with Gasteiger partial charge in [0.25, 0.3) is 0 Å². The Morgan fingerprint density at radius 2 is 1.25 bits per heavy atom. The van der Waals surface area contributed by atoms with E-state index >= 15 is 0 Å². The van der Waals surface area contributed by atoms with Crippen LogP contribution in [-0.2, 0) is 14.3 Å². The highest BCUT2D eigenvalue weighted by Gasteiger charge is 2.16. The van der Waals surface area contributed by atoms with Crippen molar-refractivity contribution in [3.63, 3.8) is 0 Å². The van der Waals surface area contributed by atoms with Gasteiger partial charge in [-0.1, -0.05) is 64.2 Å². The summed E-state index contributed by atoms with van der Waals surface area (Å²) < 4.78 is 16.0. The molecule has 1 rings (SSSR count). The Morgan fingerprint density at radius 3 is 1.75 bits per heavy atom. The molecule has 0 heterocycles. The van der Waals surface area contributed by atoms with Crippen LogP contribution in [0.2, 0.25) is 0 Å². The van der Waals surface area contributed by atoms with E-state index in [4.69, 9.17) is 14.2 Å². The van der Waals surface area contributed by atoms with Crippen molar-refractivity contribution in [1.82, 2.24) is 0 Å². The molecule has 0 bridgehead atoms. The maximum absolute atomic E-state index is 11.9. The summed E-state index contributed by atoms with van der Waals surface area (Å²) in [6.07, 6.45) is 14.2. The van der Waals surface area contributed by atoms with E-state index in [1.165, 1.54) is 63.1 Å². The van der Waals surface area contributed by atoms with Crippen molar-refractivity contribution in [2.45, 2.75) is 117 Å². The van der Waals surface area contributed by atoms with Gasteiger partial charge in [0, 0.05) is 6.42 Å². The zero-order chi connectivity index (χ0) is 26.8. The van der Waals surface area contributed by atoms with Gasteiger partial charge in [-0.2, -0.15) is 0 Å². The van der Waals surface area contributed by atoms with Crippen molar-refractivity contribution >= 4 is 17.9 Å². The Kier molecular flexibility index (Phi) is 15.6. The lowest BCUT2D eigenvalue weighted by Gasteiger charge is -2.19. The minimum absolute atomic E-state index is 0.0105. The summed E-state index contributed by atoms with van der Waals surface area (Å²) in [5.41, 5.74) is -0.193. The van der Waals surface area contributed by atoms with Crippen LogP contribution in [0.1, 0.15) is 132 Å². The number of benzene rings is 1. The predicted molar refractivity (Wildman–Crippen MR) is 141 cm³/mol. The number of ether oxygens (including phenoxy) is 3. The molecule has 1 aromatic carbocycles. The Bertz CT molecular complexity index is 795. The molecule has 1 aromatic rings. The molecule has 7 heteroatoms. The Morgan fingerprint density at radius 1 is 0.750 bits per heavy atom. The second-order valence-corrected chi connectivity index (χ2v) is 10.2. The normalized spacial score (nSPS) is 11.2. The summed E-state index contributed by atoms with van der Waals surface area (Å²) >= 11 is 0. The lowest BCUT2D eigenvalue weighted by Crippen LogP contribution is -2.23. The minimum Gasteiger partial charge on any atom is -0.494 e. The van der Waals surface area contributed by atoms with Crippen LogP contribution in [0.5, 0.6) is 5.75 Å². The lowest BCUT2D eigenvalue weighted by molar-refractivity contribution is -0.154. The average Bonchev–Trinajstić information content (AvgIpc) is 2.80. The Balaban J connectivity index is 2.04. The van der Waals surface area contributed by atoms with Crippen LogP contribution in [0.4, 0.5) is 0 Å². The molecule has 1 N–H and O–H groups in total. The first kappa shape index (κ1) is 31.5. The van der Waals surface area contributed by atoms with E-state index in [0.29, 0.717) is 18.8 Å². The fraction of sp³-hybridized carbons (Fsp3) is 0.690. The molecule has 0 radical (unpaired) electrons. The van der Waals surface area contributed by atoms with Crippen LogP contribution in [-0.4, -0.2) is 41.8 Å². The molecule has 0 atom stereocenters. The SMILES string of the molecule is CCOC(=O)c1cc(OCCCCCCCCCCCCCCC(=O)OC(C)(C)C)cc(C(=O)O)c1. The summed E-state index contributed by atoms with van der Waals surface area (Å²) in [6, 6.07) is 4.28. The summed E-state index contributed by atoms with van der Waals surface area (Å²) in [7, 11) is 0. The Labute approximate surface area is 216 Å². The third-order valence-electron chi connectivity index (χ3n) is 5.63. The largest absolute Gasteiger partial charge is 0.494 e. The number of hydrogen-bond acceptors (Lipinski definition) is 6. The minimum atomic E-state index is -1.11. The standard InChI is InChI=1S/C29H46O7/c1-5-34-28(33)24-20-23(27(31)32)21-25(22-24)35-19-17-15-13-11-9-7-6-8-10-12-14-16-18-26(30)36-29(2,3)4/h20-22H,5-19H2,1-4H3,(H,31,32). The Hall–Kier alpha value is -2.57. The topological polar surface area (TPSA) is 99.1 Å². The number of carboxylic acid groups (broad SMARTS) is 1. The summed E-state index contributed by atoms with van der Waals surface area (Å²) in [4.78, 5) is 34.9. The first-order valence-electron chi connectivity index (χ1n) is 13.5. The zero-order valence-electron chi connectivity index (χ0n) is 22.7. The maximum atomic E-state index is 11.9. The van der Waals surface area contributed by atoms with Crippen molar-refractivity contribution in [3.8, 4) is 5.75 Å². The second-order valence-electron chi connectivity index (χ2n) is 10.2. The molecule has 0 saturated carbocycles. The monoisotopic (exact) mass is 506 g/mol. The van der Waals surface area contributed by atoms with E-state index in [0.717, 1.165) is 32.1 Å². The van der Waals surface area contributed by atoms with Crippen molar-refractivity contribution in [2.75, 3.05) is 13.2 Å². The van der Waals surface area contributed by atoms with Gasteiger partial charge in [0.15, 0.2) is 0 Å². The number of rotatable bonds is 19. The van der Waals surface area contributed by atoms with Crippen LogP contribution in [0.25, 0.3) is 0 Å². The van der Waals surface area contributed by atoms with Crippen molar-refractivity contribution < 1.29 is 33.7 Å². The highest BCUT2D eigenvalue weighted by molar-refractivity contribution is 5.95. The molecule has 204 valence electrons. The molecule has 0 saturated heterocycles. The third-order valence-corrected chi connectivity index (χ3v) is 5.63. The van der Waals surface area contributed by atoms with Gasteiger partial charge in [0.05, 0.1) is 24.3 Å². The highest BCUT2D eigenvalue weighted by Crippen LogP contribution is 2.20. The molecule has 0 amide bonds. The molecular formula is C29H46O7. The van der Waals surface area contributed by atoms with Crippen LogP contribution in [0.3, 0.4) is 0 Å². The zero-order valence-corrected chi connectivity index (χ0v) is 22.7. The second kappa shape index (κ2) is 17.8. The molecule has 0 spiro atoms. The number of esters is 2. The average molecular weight is 507 g/mol. The molecular weight excluding hydrogens is 460 g/mol. The predicted octanol–water partition coefficient (Wildman–Crippen LogP) is 7.35. The van der Waals surface area contributed by atoms with Crippen LogP contribution in [0.15, 0.2) is 18.2 Å². The maximum Gasteiger partial charge on any atom is 0.338 e. The van der Waals surface area contributed by atoms with Crippen LogP contribution >= 0.6 is 0 Å². The van der Waals surface area contributed by atoms with Gasteiger partial charge in [-0.25, -0.2) is 9.59 Å². The molecule has 0 aliphatic heterocycles. The van der Waals surface area contributed by atoms with Gasteiger partial charge < -0.3 is 19.3 Å². The number of carboxylic acids is 1. The van der Waals surface area contributed by atoms with Gasteiger partial charge in [-0.3, -0.25) is 4.79 Å². The molecule has 0 aromatic heterocycles. The van der Waals surface area contributed by atoms with E-state index in [-0.39, 0.29) is 23.7 Å². The lowest BCUT2D eigenvalue weighted by atomic mass is 10.0. The van der Waals surface area contributed by atoms with E-state index < -0.39 is 17.5 Å². The highest BCUT2D eigenvalue weighted by atomic mass is 16.6. The smallest absolute Gasteiger partial charge is 0.338 e. The third kappa shape index (κ3) is 15.4. The van der Waals surface area contributed by atoms with Gasteiger partial charge >= 0.3 is 17.9 Å².